The molecule has 0 saturated carbocycles. The topological polar surface area (TPSA) is 75.2 Å². The smallest absolute Gasteiger partial charge is 0.274 e. The third kappa shape index (κ3) is 4.82. The van der Waals surface area contributed by atoms with Crippen LogP contribution in [-0.4, -0.2) is 46.4 Å². The summed E-state index contributed by atoms with van der Waals surface area (Å²) in [6, 6.07) is 7.60. The molecule has 1 saturated heterocycles. The first-order chi connectivity index (χ1) is 13.8. The lowest BCUT2D eigenvalue weighted by Crippen LogP contribution is -2.45. The number of anilines is 1. The Hall–Kier alpha value is -1.89. The predicted octanol–water partition coefficient (Wildman–Crippen LogP) is 2.94. The molecule has 3 rings (SSSR count). The van der Waals surface area contributed by atoms with Crippen molar-refractivity contribution in [3.05, 3.63) is 54.5 Å². The highest BCUT2D eigenvalue weighted by Crippen LogP contribution is 2.23. The minimum absolute atomic E-state index is 0.0343. The van der Waals surface area contributed by atoms with E-state index in [-0.39, 0.29) is 11.7 Å². The molecule has 7 nitrogen and oxygen atoms in total. The minimum Gasteiger partial charge on any atom is -0.374 e. The molecule has 2 aromatic rings. The van der Waals surface area contributed by atoms with Crippen LogP contribution in [0.1, 0.15) is 11.1 Å². The number of benzene rings is 1. The number of hydrogen-bond donors (Lipinski definition) is 1. The van der Waals surface area contributed by atoms with E-state index >= 15 is 0 Å². The molecule has 1 unspecified atom stereocenters. The molecule has 1 N–H and O–H groups in total. The summed E-state index contributed by atoms with van der Waals surface area (Å²) < 4.78 is 9.11. The Morgan fingerprint density at radius 2 is 2.07 bits per heavy atom. The van der Waals surface area contributed by atoms with Gasteiger partial charge in [-0.05, 0) is 29.9 Å². The second-order valence-electron chi connectivity index (χ2n) is 6.90. The zero-order valence-electron chi connectivity index (χ0n) is 16.1. The van der Waals surface area contributed by atoms with Gasteiger partial charge >= 0.3 is 0 Å². The molecule has 1 aliphatic rings. The Balaban J connectivity index is 1.69. The molecule has 10 heteroatoms. The van der Waals surface area contributed by atoms with Crippen molar-refractivity contribution in [1.29, 1.82) is 5.26 Å². The Labute approximate surface area is 184 Å². The van der Waals surface area contributed by atoms with Crippen LogP contribution in [0.3, 0.4) is 0 Å². The largest absolute Gasteiger partial charge is 0.374 e. The van der Waals surface area contributed by atoms with Crippen molar-refractivity contribution in [2.24, 2.45) is 14.1 Å². The van der Waals surface area contributed by atoms with Crippen molar-refractivity contribution < 1.29 is 4.74 Å². The molecule has 1 aromatic heterocycles. The standard InChI is InChI=1S/C19H21Cl2N5O2S/c1-24-17(14(8-22)18(27)25(2)19(24)29)23-9-13-11-26(5-6-28-13)10-12-3-4-15(20)16(21)7-12/h3-4,7,13,23H,5-6,9-11H2,1-2H3. The molecule has 0 spiro atoms. The normalized spacial score (nSPS) is 17.1. The number of hydrogen-bond acceptors (Lipinski definition) is 6. The third-order valence-electron chi connectivity index (χ3n) is 4.89. The number of morpholine rings is 1. The SMILES string of the molecule is Cn1c(NCC2CN(Cc3ccc(Cl)c(Cl)c3)CCO2)c(C#N)c(=O)n(C)c1=S. The number of nitriles is 1. The average Bonchev–Trinajstić information content (AvgIpc) is 2.71. The molecule has 1 aromatic carbocycles. The maximum atomic E-state index is 12.3. The summed E-state index contributed by atoms with van der Waals surface area (Å²) in [5, 5.41) is 13.7. The Kier molecular flexibility index (Phi) is 6.98. The highest BCUT2D eigenvalue weighted by atomic mass is 35.5. The van der Waals surface area contributed by atoms with Gasteiger partial charge in [-0.25, -0.2) is 0 Å². The number of aromatic nitrogens is 2. The van der Waals surface area contributed by atoms with E-state index in [1.54, 1.807) is 24.7 Å². The molecular weight excluding hydrogens is 433 g/mol. The molecule has 2 heterocycles. The molecule has 1 fully saturated rings. The van der Waals surface area contributed by atoms with Gasteiger partial charge in [0.2, 0.25) is 0 Å². The van der Waals surface area contributed by atoms with Gasteiger partial charge in [0.15, 0.2) is 10.3 Å². The van der Waals surface area contributed by atoms with Crippen LogP contribution in [0.4, 0.5) is 5.82 Å². The van der Waals surface area contributed by atoms with Crippen molar-refractivity contribution in [2.75, 3.05) is 31.6 Å². The summed E-state index contributed by atoms with van der Waals surface area (Å²) in [5.74, 6) is 0.408. The van der Waals surface area contributed by atoms with Gasteiger partial charge in [0.1, 0.15) is 11.9 Å². The first kappa shape index (κ1) is 21.8. The van der Waals surface area contributed by atoms with Crippen molar-refractivity contribution in [3.63, 3.8) is 0 Å². The predicted molar refractivity (Wildman–Crippen MR) is 116 cm³/mol. The van der Waals surface area contributed by atoms with Gasteiger partial charge in [-0.2, -0.15) is 5.26 Å². The van der Waals surface area contributed by atoms with E-state index in [0.29, 0.717) is 40.3 Å². The van der Waals surface area contributed by atoms with Crippen LogP contribution in [0, 0.1) is 16.1 Å². The summed E-state index contributed by atoms with van der Waals surface area (Å²) in [6.07, 6.45) is -0.101. The highest BCUT2D eigenvalue weighted by Gasteiger charge is 2.22. The van der Waals surface area contributed by atoms with Gasteiger partial charge in [0.05, 0.1) is 22.8 Å². The zero-order chi connectivity index (χ0) is 21.1. The molecule has 0 bridgehead atoms. The Morgan fingerprint density at radius 3 is 2.76 bits per heavy atom. The van der Waals surface area contributed by atoms with E-state index in [2.05, 4.69) is 10.2 Å². The second-order valence-corrected chi connectivity index (χ2v) is 8.08. The van der Waals surface area contributed by atoms with Crippen molar-refractivity contribution in [2.45, 2.75) is 12.6 Å². The van der Waals surface area contributed by atoms with E-state index in [1.807, 2.05) is 18.2 Å². The van der Waals surface area contributed by atoms with Crippen molar-refractivity contribution in [3.8, 4) is 6.07 Å². The van der Waals surface area contributed by atoms with E-state index in [4.69, 9.17) is 40.2 Å². The van der Waals surface area contributed by atoms with E-state index in [1.165, 1.54) is 4.57 Å². The average molecular weight is 454 g/mol. The van der Waals surface area contributed by atoms with Crippen LogP contribution >= 0.6 is 35.4 Å². The molecule has 29 heavy (non-hydrogen) atoms. The number of halogens is 2. The molecule has 0 amide bonds. The number of ether oxygens (including phenoxy) is 1. The minimum atomic E-state index is -0.413. The number of rotatable bonds is 5. The van der Waals surface area contributed by atoms with Gasteiger partial charge in [0, 0.05) is 40.3 Å². The molecular formula is C19H21Cl2N5O2S. The summed E-state index contributed by atoms with van der Waals surface area (Å²) in [6.45, 7) is 3.27. The molecule has 154 valence electrons. The van der Waals surface area contributed by atoms with Gasteiger partial charge in [-0.3, -0.25) is 14.3 Å². The lowest BCUT2D eigenvalue weighted by atomic mass is 10.2. The zero-order valence-corrected chi connectivity index (χ0v) is 18.4. The van der Waals surface area contributed by atoms with Gasteiger partial charge in [0.25, 0.3) is 5.56 Å². The van der Waals surface area contributed by atoms with Crippen LogP contribution in [0.15, 0.2) is 23.0 Å². The first-order valence-electron chi connectivity index (χ1n) is 9.03. The number of nitrogens with one attached hydrogen (secondary N) is 1. The van der Waals surface area contributed by atoms with Gasteiger partial charge in [-0.15, -0.1) is 0 Å². The van der Waals surface area contributed by atoms with Crippen LogP contribution in [0.25, 0.3) is 0 Å². The molecule has 0 radical (unpaired) electrons. The van der Waals surface area contributed by atoms with E-state index in [0.717, 1.165) is 18.7 Å². The quantitative estimate of drug-likeness (QED) is 0.701. The van der Waals surface area contributed by atoms with Gasteiger partial charge in [-0.1, -0.05) is 29.3 Å². The lowest BCUT2D eigenvalue weighted by Gasteiger charge is -2.33. The Morgan fingerprint density at radius 1 is 1.31 bits per heavy atom. The first-order valence-corrected chi connectivity index (χ1v) is 10.2. The maximum Gasteiger partial charge on any atom is 0.274 e. The summed E-state index contributed by atoms with van der Waals surface area (Å²) in [4.78, 5) is 14.6. The van der Waals surface area contributed by atoms with Crippen LogP contribution < -0.4 is 10.9 Å². The van der Waals surface area contributed by atoms with Crippen LogP contribution in [-0.2, 0) is 25.4 Å². The van der Waals surface area contributed by atoms with Gasteiger partial charge < -0.3 is 14.6 Å². The Bertz CT molecular complexity index is 1080. The second kappa shape index (κ2) is 9.28. The summed E-state index contributed by atoms with van der Waals surface area (Å²) in [5.41, 5.74) is 0.699. The molecule has 1 atom stereocenters. The monoisotopic (exact) mass is 453 g/mol. The fraction of sp³-hybridized carbons (Fsp3) is 0.421. The fourth-order valence-corrected chi connectivity index (χ4v) is 3.80. The summed E-state index contributed by atoms with van der Waals surface area (Å²) >= 11 is 17.4. The number of nitrogens with zero attached hydrogens (tertiary/aromatic N) is 4. The van der Waals surface area contributed by atoms with E-state index in [9.17, 15) is 10.1 Å². The van der Waals surface area contributed by atoms with Crippen LogP contribution in [0.2, 0.25) is 10.0 Å². The van der Waals surface area contributed by atoms with Crippen molar-refractivity contribution >= 4 is 41.2 Å². The molecule has 0 aliphatic carbocycles. The third-order valence-corrected chi connectivity index (χ3v) is 6.17. The van der Waals surface area contributed by atoms with Crippen molar-refractivity contribution in [1.82, 2.24) is 14.0 Å². The fourth-order valence-electron chi connectivity index (χ4n) is 3.31. The van der Waals surface area contributed by atoms with Crippen LogP contribution in [0.5, 0.6) is 0 Å². The summed E-state index contributed by atoms with van der Waals surface area (Å²) in [7, 11) is 3.28. The maximum absolute atomic E-state index is 12.3. The lowest BCUT2D eigenvalue weighted by molar-refractivity contribution is -0.0241. The molecule has 1 aliphatic heterocycles. The highest BCUT2D eigenvalue weighted by molar-refractivity contribution is 7.71. The van der Waals surface area contributed by atoms with E-state index < -0.39 is 5.56 Å².